The normalized spacial score (nSPS) is 16.2. The molecule has 0 bridgehead atoms. The van der Waals surface area contributed by atoms with Crippen molar-refractivity contribution in [2.45, 2.75) is 39.2 Å². The largest absolute Gasteiger partial charge is 0.465 e. The molecule has 1 aliphatic carbocycles. The Bertz CT molecular complexity index is 438. The molecule has 0 spiro atoms. The summed E-state index contributed by atoms with van der Waals surface area (Å²) in [6.07, 6.45) is 3.76. The molecule has 98 valence electrons. The first-order valence-corrected chi connectivity index (χ1v) is 6.61. The second-order valence-corrected chi connectivity index (χ2v) is 5.02. The van der Waals surface area contributed by atoms with E-state index in [1.807, 2.05) is 18.2 Å². The van der Waals surface area contributed by atoms with Crippen LogP contribution in [-0.4, -0.2) is 19.1 Å². The maximum atomic E-state index is 11.5. The Kier molecular flexibility index (Phi) is 3.90. The molecule has 1 aromatic carbocycles. The molecule has 1 N–H and O–H groups in total. The van der Waals surface area contributed by atoms with Crippen LogP contribution in [0, 0.1) is 12.8 Å². The van der Waals surface area contributed by atoms with Crippen LogP contribution in [0.3, 0.4) is 0 Å². The summed E-state index contributed by atoms with van der Waals surface area (Å²) < 4.78 is 4.76. The molecule has 1 unspecified atom stereocenters. The second-order valence-electron chi connectivity index (χ2n) is 5.02. The summed E-state index contributed by atoms with van der Waals surface area (Å²) in [6, 6.07) is 6.20. The molecule has 0 saturated heterocycles. The lowest BCUT2D eigenvalue weighted by atomic mass is 10.1. The Morgan fingerprint density at radius 2 is 2.22 bits per heavy atom. The monoisotopic (exact) mass is 247 g/mol. The SMILES string of the molecule is CCC(Nc1cc(C(=O)OC)ccc1C)C1CC1. The van der Waals surface area contributed by atoms with E-state index in [4.69, 9.17) is 4.74 Å². The number of nitrogens with one attached hydrogen (secondary N) is 1. The van der Waals surface area contributed by atoms with Crippen molar-refractivity contribution in [3.05, 3.63) is 29.3 Å². The number of anilines is 1. The van der Waals surface area contributed by atoms with Crippen LogP contribution in [0.5, 0.6) is 0 Å². The van der Waals surface area contributed by atoms with Crippen molar-refractivity contribution < 1.29 is 9.53 Å². The number of esters is 1. The summed E-state index contributed by atoms with van der Waals surface area (Å²) in [5.74, 6) is 0.522. The number of methoxy groups -OCH3 is 1. The summed E-state index contributed by atoms with van der Waals surface area (Å²) in [7, 11) is 1.41. The molecule has 2 rings (SSSR count). The quantitative estimate of drug-likeness (QED) is 0.811. The summed E-state index contributed by atoms with van der Waals surface area (Å²) >= 11 is 0. The lowest BCUT2D eigenvalue weighted by Crippen LogP contribution is -2.21. The van der Waals surface area contributed by atoms with Gasteiger partial charge >= 0.3 is 5.97 Å². The topological polar surface area (TPSA) is 38.3 Å². The van der Waals surface area contributed by atoms with Crippen LogP contribution < -0.4 is 5.32 Å². The third-order valence-corrected chi connectivity index (χ3v) is 3.63. The average Bonchev–Trinajstić information content (AvgIpc) is 3.21. The van der Waals surface area contributed by atoms with Crippen molar-refractivity contribution in [1.29, 1.82) is 0 Å². The number of carbonyl (C=O) groups excluding carboxylic acids is 1. The van der Waals surface area contributed by atoms with Crippen LogP contribution in [0.4, 0.5) is 5.69 Å². The molecule has 0 radical (unpaired) electrons. The fraction of sp³-hybridized carbons (Fsp3) is 0.533. The predicted octanol–water partition coefficient (Wildman–Crippen LogP) is 3.38. The van der Waals surface area contributed by atoms with Crippen molar-refractivity contribution >= 4 is 11.7 Å². The number of benzene rings is 1. The molecule has 1 aromatic rings. The molecule has 0 aliphatic heterocycles. The first-order chi connectivity index (χ1) is 8.65. The van der Waals surface area contributed by atoms with Crippen LogP contribution in [-0.2, 0) is 4.74 Å². The van der Waals surface area contributed by atoms with Gasteiger partial charge in [0, 0.05) is 11.7 Å². The van der Waals surface area contributed by atoms with Crippen LogP contribution in [0.15, 0.2) is 18.2 Å². The zero-order chi connectivity index (χ0) is 13.1. The molecule has 0 amide bonds. The third-order valence-electron chi connectivity index (χ3n) is 3.63. The number of ether oxygens (including phenoxy) is 1. The molecule has 1 atom stereocenters. The molecule has 0 aromatic heterocycles. The minimum absolute atomic E-state index is 0.280. The van der Waals surface area contributed by atoms with Crippen LogP contribution in [0.1, 0.15) is 42.1 Å². The molecule has 18 heavy (non-hydrogen) atoms. The number of carbonyl (C=O) groups is 1. The van der Waals surface area contributed by atoms with E-state index in [0.29, 0.717) is 11.6 Å². The Labute approximate surface area is 109 Å². The number of hydrogen-bond donors (Lipinski definition) is 1. The van der Waals surface area contributed by atoms with Gasteiger partial charge in [-0.3, -0.25) is 0 Å². The van der Waals surface area contributed by atoms with Gasteiger partial charge in [0.15, 0.2) is 0 Å². The van der Waals surface area contributed by atoms with Gasteiger partial charge in [-0.05, 0) is 49.8 Å². The molecule has 0 heterocycles. The van der Waals surface area contributed by atoms with E-state index in [1.54, 1.807) is 0 Å². The van der Waals surface area contributed by atoms with E-state index < -0.39 is 0 Å². The highest BCUT2D eigenvalue weighted by Gasteiger charge is 2.30. The van der Waals surface area contributed by atoms with Gasteiger partial charge in [0.1, 0.15) is 0 Å². The minimum Gasteiger partial charge on any atom is -0.465 e. The fourth-order valence-corrected chi connectivity index (χ4v) is 2.27. The van der Waals surface area contributed by atoms with Gasteiger partial charge in [-0.2, -0.15) is 0 Å². The summed E-state index contributed by atoms with van der Waals surface area (Å²) in [5.41, 5.74) is 2.83. The zero-order valence-corrected chi connectivity index (χ0v) is 11.3. The molecule has 1 fully saturated rings. The summed E-state index contributed by atoms with van der Waals surface area (Å²) in [5, 5.41) is 3.57. The van der Waals surface area contributed by atoms with E-state index in [1.165, 1.54) is 25.5 Å². The maximum absolute atomic E-state index is 11.5. The maximum Gasteiger partial charge on any atom is 0.337 e. The predicted molar refractivity (Wildman–Crippen MR) is 72.9 cm³/mol. The van der Waals surface area contributed by atoms with E-state index in [9.17, 15) is 4.79 Å². The number of hydrogen-bond acceptors (Lipinski definition) is 3. The Hall–Kier alpha value is -1.51. The standard InChI is InChI=1S/C15H21NO2/c1-4-13(11-7-8-11)16-14-9-12(15(17)18-3)6-5-10(14)2/h5-6,9,11,13,16H,4,7-8H2,1-3H3. The molecule has 1 aliphatic rings. The molecule has 3 nitrogen and oxygen atoms in total. The van der Waals surface area contributed by atoms with Crippen LogP contribution in [0.2, 0.25) is 0 Å². The smallest absolute Gasteiger partial charge is 0.337 e. The Morgan fingerprint density at radius 3 is 2.78 bits per heavy atom. The lowest BCUT2D eigenvalue weighted by molar-refractivity contribution is 0.0601. The average molecular weight is 247 g/mol. The van der Waals surface area contributed by atoms with Gasteiger partial charge in [-0.15, -0.1) is 0 Å². The van der Waals surface area contributed by atoms with Gasteiger partial charge in [-0.1, -0.05) is 13.0 Å². The van der Waals surface area contributed by atoms with Crippen LogP contribution in [0.25, 0.3) is 0 Å². The van der Waals surface area contributed by atoms with E-state index in [2.05, 4.69) is 19.2 Å². The molecule has 1 saturated carbocycles. The lowest BCUT2D eigenvalue weighted by Gasteiger charge is -2.19. The van der Waals surface area contributed by atoms with Crippen molar-refractivity contribution in [3.63, 3.8) is 0 Å². The van der Waals surface area contributed by atoms with E-state index in [-0.39, 0.29) is 5.97 Å². The van der Waals surface area contributed by atoms with Crippen LogP contribution >= 0.6 is 0 Å². The minimum atomic E-state index is -0.280. The highest BCUT2D eigenvalue weighted by atomic mass is 16.5. The second kappa shape index (κ2) is 5.42. The number of rotatable bonds is 5. The first kappa shape index (κ1) is 12.9. The van der Waals surface area contributed by atoms with Crippen molar-refractivity contribution in [3.8, 4) is 0 Å². The molecule has 3 heteroatoms. The van der Waals surface area contributed by atoms with E-state index >= 15 is 0 Å². The Balaban J connectivity index is 2.17. The van der Waals surface area contributed by atoms with Gasteiger partial charge in [0.05, 0.1) is 12.7 Å². The van der Waals surface area contributed by atoms with Gasteiger partial charge < -0.3 is 10.1 Å². The highest BCUT2D eigenvalue weighted by molar-refractivity contribution is 5.90. The fourth-order valence-electron chi connectivity index (χ4n) is 2.27. The van der Waals surface area contributed by atoms with Gasteiger partial charge in [-0.25, -0.2) is 4.79 Å². The summed E-state index contributed by atoms with van der Waals surface area (Å²) in [4.78, 5) is 11.5. The molecular formula is C15H21NO2. The van der Waals surface area contributed by atoms with Crippen molar-refractivity contribution in [2.24, 2.45) is 5.92 Å². The number of aryl methyl sites for hydroxylation is 1. The van der Waals surface area contributed by atoms with Gasteiger partial charge in [0.25, 0.3) is 0 Å². The first-order valence-electron chi connectivity index (χ1n) is 6.61. The zero-order valence-electron chi connectivity index (χ0n) is 11.3. The highest BCUT2D eigenvalue weighted by Crippen LogP contribution is 2.36. The van der Waals surface area contributed by atoms with Crippen molar-refractivity contribution in [2.75, 3.05) is 12.4 Å². The van der Waals surface area contributed by atoms with Crippen molar-refractivity contribution in [1.82, 2.24) is 0 Å². The Morgan fingerprint density at radius 1 is 1.50 bits per heavy atom. The van der Waals surface area contributed by atoms with E-state index in [0.717, 1.165) is 18.0 Å². The summed E-state index contributed by atoms with van der Waals surface area (Å²) in [6.45, 7) is 4.26. The molecular weight excluding hydrogens is 226 g/mol. The third kappa shape index (κ3) is 2.84. The van der Waals surface area contributed by atoms with Gasteiger partial charge in [0.2, 0.25) is 0 Å².